The Hall–Kier alpha value is 0.270. The molecule has 3 heteroatoms. The van der Waals surface area contributed by atoms with E-state index >= 15 is 0 Å². The van der Waals surface area contributed by atoms with Crippen LogP contribution in [0.5, 0.6) is 0 Å². The number of aliphatic hydroxyl groups is 1. The normalized spacial score (nSPS) is 13.6. The molecule has 0 radical (unpaired) electrons. The molecule has 0 aromatic rings. The van der Waals surface area contributed by atoms with E-state index in [9.17, 15) is 0 Å². The van der Waals surface area contributed by atoms with Crippen LogP contribution in [0.3, 0.4) is 0 Å². The van der Waals surface area contributed by atoms with E-state index in [-0.39, 0.29) is 16.9 Å². The van der Waals surface area contributed by atoms with Crippen molar-refractivity contribution in [2.45, 2.75) is 38.0 Å². The molecular weight excluding hydrogens is 158 g/mol. The Balaban J connectivity index is 4.00. The van der Waals surface area contributed by atoms with Crippen LogP contribution in [0.15, 0.2) is 0 Å². The number of rotatable bonds is 4. The van der Waals surface area contributed by atoms with Crippen molar-refractivity contribution < 1.29 is 5.11 Å². The molecule has 0 spiro atoms. The maximum Gasteiger partial charge on any atom is 0.0521 e. The summed E-state index contributed by atoms with van der Waals surface area (Å²) in [6.07, 6.45) is 0. The standard InChI is InChI=1S/C8H19NOS/c1-7(2,9)8(3,4)11-6-5-10/h10H,5-6,9H2,1-4H3. The fraction of sp³-hybridized carbons (Fsp3) is 1.00. The number of nitrogens with two attached hydrogens (primary N) is 1. The zero-order chi connectivity index (χ0) is 9.12. The Morgan fingerprint density at radius 1 is 1.27 bits per heavy atom. The Morgan fingerprint density at radius 3 is 2.00 bits per heavy atom. The van der Waals surface area contributed by atoms with Crippen LogP contribution in [-0.4, -0.2) is 27.8 Å². The molecular formula is C8H19NOS. The predicted octanol–water partition coefficient (Wildman–Crippen LogP) is 1.23. The zero-order valence-corrected chi connectivity index (χ0v) is 8.66. The van der Waals surface area contributed by atoms with Crippen LogP contribution < -0.4 is 5.73 Å². The average molecular weight is 177 g/mol. The molecule has 2 nitrogen and oxygen atoms in total. The first kappa shape index (κ1) is 11.3. The van der Waals surface area contributed by atoms with Gasteiger partial charge in [0.2, 0.25) is 0 Å². The average Bonchev–Trinajstić information content (AvgIpc) is 1.81. The summed E-state index contributed by atoms with van der Waals surface area (Å²) in [7, 11) is 0. The van der Waals surface area contributed by atoms with Gasteiger partial charge in [-0.3, -0.25) is 0 Å². The Morgan fingerprint density at radius 2 is 1.73 bits per heavy atom. The summed E-state index contributed by atoms with van der Waals surface area (Å²) < 4.78 is 0.0235. The van der Waals surface area contributed by atoms with E-state index in [0.717, 1.165) is 5.75 Å². The van der Waals surface area contributed by atoms with Gasteiger partial charge in [0.1, 0.15) is 0 Å². The summed E-state index contributed by atoms with van der Waals surface area (Å²) in [5.74, 6) is 0.758. The minimum atomic E-state index is -0.202. The van der Waals surface area contributed by atoms with Crippen LogP contribution in [-0.2, 0) is 0 Å². The number of aliphatic hydroxyl groups excluding tert-OH is 1. The van der Waals surface area contributed by atoms with Gasteiger partial charge >= 0.3 is 0 Å². The third-order valence-electron chi connectivity index (χ3n) is 2.11. The van der Waals surface area contributed by atoms with E-state index in [1.54, 1.807) is 11.8 Å². The van der Waals surface area contributed by atoms with Gasteiger partial charge in [-0.2, -0.15) is 11.8 Å². The van der Waals surface area contributed by atoms with Crippen molar-refractivity contribution >= 4 is 11.8 Å². The highest BCUT2D eigenvalue weighted by molar-refractivity contribution is 8.00. The first-order valence-electron chi connectivity index (χ1n) is 3.85. The molecule has 0 unspecified atom stereocenters. The molecule has 0 fully saturated rings. The molecule has 0 saturated heterocycles. The molecule has 11 heavy (non-hydrogen) atoms. The van der Waals surface area contributed by atoms with Gasteiger partial charge in [-0.05, 0) is 27.7 Å². The fourth-order valence-electron chi connectivity index (χ4n) is 0.487. The van der Waals surface area contributed by atoms with Gasteiger partial charge in [0.15, 0.2) is 0 Å². The summed E-state index contributed by atoms with van der Waals surface area (Å²) in [5.41, 5.74) is 5.75. The van der Waals surface area contributed by atoms with Crippen LogP contribution >= 0.6 is 11.8 Å². The summed E-state index contributed by atoms with van der Waals surface area (Å²) in [5, 5.41) is 8.63. The minimum Gasteiger partial charge on any atom is -0.396 e. The summed E-state index contributed by atoms with van der Waals surface area (Å²) in [4.78, 5) is 0. The van der Waals surface area contributed by atoms with Crippen molar-refractivity contribution in [2.24, 2.45) is 5.73 Å². The van der Waals surface area contributed by atoms with Crippen LogP contribution in [0.4, 0.5) is 0 Å². The van der Waals surface area contributed by atoms with E-state index in [2.05, 4.69) is 13.8 Å². The summed E-state index contributed by atoms with van der Waals surface area (Å²) in [6.45, 7) is 8.46. The highest BCUT2D eigenvalue weighted by Gasteiger charge is 2.33. The maximum atomic E-state index is 8.63. The second-order valence-corrected chi connectivity index (χ2v) is 5.52. The van der Waals surface area contributed by atoms with Gasteiger partial charge in [0.25, 0.3) is 0 Å². The largest absolute Gasteiger partial charge is 0.396 e. The van der Waals surface area contributed by atoms with E-state index in [4.69, 9.17) is 10.8 Å². The maximum absolute atomic E-state index is 8.63. The Bertz CT molecular complexity index is 118. The molecule has 0 saturated carbocycles. The van der Waals surface area contributed by atoms with Crippen LogP contribution in [0.25, 0.3) is 0 Å². The molecule has 0 aliphatic heterocycles. The van der Waals surface area contributed by atoms with Crippen molar-refractivity contribution in [1.29, 1.82) is 0 Å². The van der Waals surface area contributed by atoms with E-state index in [0.29, 0.717) is 0 Å². The molecule has 0 heterocycles. The molecule has 0 bridgehead atoms. The predicted molar refractivity (Wildman–Crippen MR) is 51.9 cm³/mol. The highest BCUT2D eigenvalue weighted by atomic mass is 32.2. The number of thioether (sulfide) groups is 1. The molecule has 0 aromatic carbocycles. The molecule has 0 amide bonds. The second kappa shape index (κ2) is 3.78. The van der Waals surface area contributed by atoms with Crippen molar-refractivity contribution in [2.75, 3.05) is 12.4 Å². The third-order valence-corrected chi connectivity index (χ3v) is 3.74. The van der Waals surface area contributed by atoms with Crippen LogP contribution in [0.1, 0.15) is 27.7 Å². The van der Waals surface area contributed by atoms with Gasteiger partial charge in [0, 0.05) is 16.0 Å². The lowest BCUT2D eigenvalue weighted by Crippen LogP contribution is -2.50. The van der Waals surface area contributed by atoms with Crippen LogP contribution in [0, 0.1) is 0 Å². The first-order chi connectivity index (χ1) is 4.81. The van der Waals surface area contributed by atoms with Crippen molar-refractivity contribution in [1.82, 2.24) is 0 Å². The highest BCUT2D eigenvalue weighted by Crippen LogP contribution is 2.33. The SMILES string of the molecule is CC(C)(N)C(C)(C)SCCO. The molecule has 0 aromatic heterocycles. The van der Waals surface area contributed by atoms with Gasteiger partial charge in [-0.25, -0.2) is 0 Å². The lowest BCUT2D eigenvalue weighted by atomic mass is 9.91. The summed E-state index contributed by atoms with van der Waals surface area (Å²) in [6, 6.07) is 0. The van der Waals surface area contributed by atoms with Crippen LogP contribution in [0.2, 0.25) is 0 Å². The zero-order valence-electron chi connectivity index (χ0n) is 7.85. The van der Waals surface area contributed by atoms with E-state index < -0.39 is 0 Å². The molecule has 0 aliphatic carbocycles. The van der Waals surface area contributed by atoms with Crippen molar-refractivity contribution in [3.63, 3.8) is 0 Å². The fourth-order valence-corrected chi connectivity index (χ4v) is 1.46. The molecule has 0 atom stereocenters. The van der Waals surface area contributed by atoms with E-state index in [1.165, 1.54) is 0 Å². The number of hydrogen-bond acceptors (Lipinski definition) is 3. The van der Waals surface area contributed by atoms with Crippen molar-refractivity contribution in [3.05, 3.63) is 0 Å². The lowest BCUT2D eigenvalue weighted by molar-refractivity contribution is 0.321. The molecule has 3 N–H and O–H groups in total. The van der Waals surface area contributed by atoms with Gasteiger partial charge < -0.3 is 10.8 Å². The quantitative estimate of drug-likeness (QED) is 0.679. The van der Waals surface area contributed by atoms with Gasteiger partial charge in [-0.15, -0.1) is 0 Å². The lowest BCUT2D eigenvalue weighted by Gasteiger charge is -2.37. The van der Waals surface area contributed by atoms with Crippen molar-refractivity contribution in [3.8, 4) is 0 Å². The molecule has 68 valence electrons. The Kier molecular flexibility index (Phi) is 3.88. The third kappa shape index (κ3) is 3.45. The topological polar surface area (TPSA) is 46.2 Å². The smallest absolute Gasteiger partial charge is 0.0521 e. The monoisotopic (exact) mass is 177 g/mol. The summed E-state index contributed by atoms with van der Waals surface area (Å²) >= 11 is 1.71. The Labute approximate surface area is 73.6 Å². The molecule has 0 aliphatic rings. The second-order valence-electron chi connectivity index (χ2n) is 3.80. The minimum absolute atomic E-state index is 0.0235. The first-order valence-corrected chi connectivity index (χ1v) is 4.83. The van der Waals surface area contributed by atoms with E-state index in [1.807, 2.05) is 13.8 Å². The van der Waals surface area contributed by atoms with Gasteiger partial charge in [-0.1, -0.05) is 0 Å². The number of hydrogen-bond donors (Lipinski definition) is 2. The van der Waals surface area contributed by atoms with Gasteiger partial charge in [0.05, 0.1) is 6.61 Å². The molecule has 0 rings (SSSR count).